The van der Waals surface area contributed by atoms with Crippen LogP contribution in [0.2, 0.25) is 0 Å². The number of hydrogen-bond donors (Lipinski definition) is 1. The van der Waals surface area contributed by atoms with Gasteiger partial charge in [-0.1, -0.05) is 46.0 Å². The first-order valence-electron chi connectivity index (χ1n) is 6.35. The van der Waals surface area contributed by atoms with Crippen LogP contribution in [0.1, 0.15) is 58.8 Å². The van der Waals surface area contributed by atoms with E-state index < -0.39 is 0 Å². The molecule has 0 saturated heterocycles. The maximum atomic E-state index is 8.79. The van der Waals surface area contributed by atoms with Gasteiger partial charge in [-0.2, -0.15) is 5.26 Å². The molecule has 0 radical (unpaired) electrons. The minimum Gasteiger partial charge on any atom is -0.311 e. The van der Waals surface area contributed by atoms with Crippen LogP contribution in [0.25, 0.3) is 0 Å². The zero-order valence-electron chi connectivity index (χ0n) is 10.1. The molecule has 0 amide bonds. The lowest BCUT2D eigenvalue weighted by Gasteiger charge is -2.27. The summed E-state index contributed by atoms with van der Waals surface area (Å²) < 4.78 is 0. The van der Waals surface area contributed by atoms with E-state index in [0.717, 1.165) is 5.92 Å². The molecule has 1 aliphatic carbocycles. The van der Waals surface area contributed by atoms with Crippen LogP contribution in [0.3, 0.4) is 0 Å². The van der Waals surface area contributed by atoms with E-state index in [2.05, 4.69) is 25.2 Å². The molecule has 0 aromatic carbocycles. The van der Waals surface area contributed by atoms with Gasteiger partial charge in [-0.3, -0.25) is 0 Å². The predicted octanol–water partition coefficient (Wildman–Crippen LogP) is 3.24. The van der Waals surface area contributed by atoms with Gasteiger partial charge in [0.15, 0.2) is 0 Å². The molecule has 1 atom stereocenters. The van der Waals surface area contributed by atoms with Gasteiger partial charge in [0.2, 0.25) is 0 Å². The Balaban J connectivity index is 2.32. The lowest BCUT2D eigenvalue weighted by atomic mass is 9.84. The van der Waals surface area contributed by atoms with Crippen molar-refractivity contribution in [2.75, 3.05) is 0 Å². The third-order valence-electron chi connectivity index (χ3n) is 3.25. The first kappa shape index (κ1) is 12.5. The van der Waals surface area contributed by atoms with Gasteiger partial charge >= 0.3 is 0 Å². The summed E-state index contributed by atoms with van der Waals surface area (Å²) in [7, 11) is 0. The molecule has 86 valence electrons. The van der Waals surface area contributed by atoms with Gasteiger partial charge in [-0.15, -0.1) is 0 Å². The van der Waals surface area contributed by atoms with Crippen LogP contribution in [0, 0.1) is 17.2 Å². The highest BCUT2D eigenvalue weighted by molar-refractivity contribution is 4.84. The molecule has 0 spiro atoms. The molecule has 0 aromatic heterocycles. The van der Waals surface area contributed by atoms with Gasteiger partial charge < -0.3 is 5.32 Å². The molecule has 1 fully saturated rings. The second kappa shape index (κ2) is 6.85. The predicted molar refractivity (Wildman–Crippen MR) is 63.5 cm³/mol. The summed E-state index contributed by atoms with van der Waals surface area (Å²) in [5.74, 6) is 0.864. The molecule has 1 unspecified atom stereocenters. The minimum absolute atomic E-state index is 0.415. The molecular weight excluding hydrogens is 184 g/mol. The highest BCUT2D eigenvalue weighted by atomic mass is 14.9. The second-order valence-electron chi connectivity index (χ2n) is 5.12. The molecule has 1 saturated carbocycles. The fraction of sp³-hybridized carbons (Fsp3) is 0.923. The average Bonchev–Trinajstić information content (AvgIpc) is 2.18. The molecule has 0 heterocycles. The largest absolute Gasteiger partial charge is 0.311 e. The van der Waals surface area contributed by atoms with E-state index in [0.29, 0.717) is 18.5 Å². The second-order valence-corrected chi connectivity index (χ2v) is 5.12. The van der Waals surface area contributed by atoms with Crippen molar-refractivity contribution < 1.29 is 0 Å². The van der Waals surface area contributed by atoms with Crippen molar-refractivity contribution in [2.24, 2.45) is 5.92 Å². The van der Waals surface area contributed by atoms with Crippen LogP contribution in [0.5, 0.6) is 0 Å². The zero-order chi connectivity index (χ0) is 11.1. The van der Waals surface area contributed by atoms with Crippen molar-refractivity contribution in [3.63, 3.8) is 0 Å². The summed E-state index contributed by atoms with van der Waals surface area (Å²) in [6.45, 7) is 4.32. The van der Waals surface area contributed by atoms with Crippen LogP contribution in [-0.4, -0.2) is 12.1 Å². The molecule has 0 aliphatic heterocycles. The molecule has 1 N–H and O–H groups in total. The summed E-state index contributed by atoms with van der Waals surface area (Å²) in [6.07, 6.45) is 8.82. The van der Waals surface area contributed by atoms with Crippen LogP contribution >= 0.6 is 0 Å². The summed E-state index contributed by atoms with van der Waals surface area (Å²) in [5.41, 5.74) is 0. The van der Waals surface area contributed by atoms with Crippen LogP contribution < -0.4 is 5.32 Å². The summed E-state index contributed by atoms with van der Waals surface area (Å²) in [4.78, 5) is 0. The van der Waals surface area contributed by atoms with Gasteiger partial charge in [-0.25, -0.2) is 0 Å². The van der Waals surface area contributed by atoms with E-state index in [9.17, 15) is 0 Å². The van der Waals surface area contributed by atoms with E-state index in [-0.39, 0.29) is 0 Å². The zero-order valence-corrected chi connectivity index (χ0v) is 10.1. The Kier molecular flexibility index (Phi) is 5.71. The molecule has 1 rings (SSSR count). The van der Waals surface area contributed by atoms with Crippen molar-refractivity contribution in [2.45, 2.75) is 70.9 Å². The topological polar surface area (TPSA) is 35.8 Å². The number of nitriles is 1. The third kappa shape index (κ3) is 5.18. The maximum Gasteiger partial charge on any atom is 0.0638 e. The van der Waals surface area contributed by atoms with Crippen LogP contribution in [-0.2, 0) is 0 Å². The smallest absolute Gasteiger partial charge is 0.0638 e. The molecule has 2 nitrogen and oxygen atoms in total. The third-order valence-corrected chi connectivity index (χ3v) is 3.25. The van der Waals surface area contributed by atoms with Crippen molar-refractivity contribution in [1.29, 1.82) is 5.26 Å². The lowest BCUT2D eigenvalue weighted by molar-refractivity contribution is 0.291. The monoisotopic (exact) mass is 208 g/mol. The summed E-state index contributed by atoms with van der Waals surface area (Å²) >= 11 is 0. The van der Waals surface area contributed by atoms with E-state index >= 15 is 0 Å². The number of rotatable bonds is 5. The Morgan fingerprint density at radius 2 is 1.93 bits per heavy atom. The highest BCUT2D eigenvalue weighted by Gasteiger charge is 2.19. The van der Waals surface area contributed by atoms with Gasteiger partial charge in [0, 0.05) is 12.1 Å². The van der Waals surface area contributed by atoms with Crippen molar-refractivity contribution >= 4 is 0 Å². The van der Waals surface area contributed by atoms with E-state index in [1.54, 1.807) is 0 Å². The highest BCUT2D eigenvalue weighted by Crippen LogP contribution is 2.27. The first-order valence-corrected chi connectivity index (χ1v) is 6.35. The maximum absolute atomic E-state index is 8.79. The molecule has 1 aliphatic rings. The van der Waals surface area contributed by atoms with Crippen molar-refractivity contribution in [3.8, 4) is 6.07 Å². The molecule has 2 heteroatoms. The Labute approximate surface area is 94.1 Å². The fourth-order valence-corrected chi connectivity index (χ4v) is 2.62. The SMILES string of the molecule is CC(C)NC(CC#N)CC1CCCCC1. The summed E-state index contributed by atoms with van der Waals surface area (Å²) in [6, 6.07) is 3.21. The molecule has 0 aromatic rings. The minimum atomic E-state index is 0.415. The Morgan fingerprint density at radius 3 is 2.47 bits per heavy atom. The quantitative estimate of drug-likeness (QED) is 0.753. The lowest BCUT2D eigenvalue weighted by Crippen LogP contribution is -2.36. The first-order chi connectivity index (χ1) is 7.22. The summed E-state index contributed by atoms with van der Waals surface area (Å²) in [5, 5.41) is 12.3. The molecule has 0 bridgehead atoms. The normalized spacial score (nSPS) is 20.1. The number of hydrogen-bond acceptors (Lipinski definition) is 2. The van der Waals surface area contributed by atoms with Gasteiger partial charge in [-0.05, 0) is 12.3 Å². The van der Waals surface area contributed by atoms with E-state index in [4.69, 9.17) is 5.26 Å². The van der Waals surface area contributed by atoms with Gasteiger partial charge in [0.25, 0.3) is 0 Å². The van der Waals surface area contributed by atoms with Crippen molar-refractivity contribution in [1.82, 2.24) is 5.32 Å². The number of nitrogens with zero attached hydrogens (tertiary/aromatic N) is 1. The standard InChI is InChI=1S/C13H24N2/c1-11(2)15-13(8-9-14)10-12-6-4-3-5-7-12/h11-13,15H,3-8,10H2,1-2H3. The van der Waals surface area contributed by atoms with Gasteiger partial charge in [0.05, 0.1) is 12.5 Å². The Bertz CT molecular complexity index is 199. The van der Waals surface area contributed by atoms with Crippen LogP contribution in [0.15, 0.2) is 0 Å². The van der Waals surface area contributed by atoms with E-state index in [1.807, 2.05) is 0 Å². The van der Waals surface area contributed by atoms with Gasteiger partial charge in [0.1, 0.15) is 0 Å². The average molecular weight is 208 g/mol. The molecule has 15 heavy (non-hydrogen) atoms. The van der Waals surface area contributed by atoms with Crippen molar-refractivity contribution in [3.05, 3.63) is 0 Å². The molecular formula is C13H24N2. The Hall–Kier alpha value is -0.550. The number of nitrogens with one attached hydrogen (secondary N) is 1. The van der Waals surface area contributed by atoms with Crippen LogP contribution in [0.4, 0.5) is 0 Å². The van der Waals surface area contributed by atoms with E-state index in [1.165, 1.54) is 38.5 Å². The Morgan fingerprint density at radius 1 is 1.27 bits per heavy atom. The fourth-order valence-electron chi connectivity index (χ4n) is 2.62.